The highest BCUT2D eigenvalue weighted by Crippen LogP contribution is 2.43. The fourth-order valence-corrected chi connectivity index (χ4v) is 3.62. The molecule has 1 aromatic heterocycles. The number of rotatable bonds is 5. The summed E-state index contributed by atoms with van der Waals surface area (Å²) in [7, 11) is 0. The quantitative estimate of drug-likeness (QED) is 0.884. The van der Waals surface area contributed by atoms with Gasteiger partial charge in [-0.3, -0.25) is 4.79 Å². The van der Waals surface area contributed by atoms with E-state index in [2.05, 4.69) is 11.9 Å². The lowest BCUT2D eigenvalue weighted by Crippen LogP contribution is -2.37. The van der Waals surface area contributed by atoms with Gasteiger partial charge in [0.2, 0.25) is 0 Å². The molecule has 1 fully saturated rings. The average Bonchev–Trinajstić information content (AvgIpc) is 2.84. The highest BCUT2D eigenvalue weighted by atomic mass is 32.1. The molecule has 0 saturated heterocycles. The smallest absolute Gasteiger partial charge is 0.310 e. The first-order valence-electron chi connectivity index (χ1n) is 6.77. The van der Waals surface area contributed by atoms with Crippen molar-refractivity contribution in [2.75, 3.05) is 0 Å². The van der Waals surface area contributed by atoms with E-state index in [1.165, 1.54) is 12.8 Å². The Labute approximate surface area is 112 Å². The molecule has 1 saturated carbocycles. The van der Waals surface area contributed by atoms with Crippen LogP contribution in [0.1, 0.15) is 51.1 Å². The van der Waals surface area contributed by atoms with E-state index in [0.29, 0.717) is 6.42 Å². The molecule has 4 heteroatoms. The molecule has 1 aliphatic carbocycles. The van der Waals surface area contributed by atoms with E-state index in [4.69, 9.17) is 0 Å². The standard InChI is InChI=1S/C14H21NO2S/c1-2-3-11-4-6-14(7-5-11,13(16)17)8-12-9-18-10-15-12/h9-11H,2-8H2,1H3,(H,16,17). The van der Waals surface area contributed by atoms with Crippen LogP contribution in [0.25, 0.3) is 0 Å². The van der Waals surface area contributed by atoms with Gasteiger partial charge in [0.05, 0.1) is 16.6 Å². The molecule has 1 aliphatic rings. The summed E-state index contributed by atoms with van der Waals surface area (Å²) in [4.78, 5) is 15.9. The Bertz CT molecular complexity index is 381. The van der Waals surface area contributed by atoms with Gasteiger partial charge in [-0.2, -0.15) is 0 Å². The summed E-state index contributed by atoms with van der Waals surface area (Å²) < 4.78 is 0. The van der Waals surface area contributed by atoms with Crippen LogP contribution in [0.3, 0.4) is 0 Å². The van der Waals surface area contributed by atoms with Crippen molar-refractivity contribution in [3.8, 4) is 0 Å². The summed E-state index contributed by atoms with van der Waals surface area (Å²) in [6, 6.07) is 0. The molecule has 0 bridgehead atoms. The van der Waals surface area contributed by atoms with E-state index in [-0.39, 0.29) is 0 Å². The Morgan fingerprint density at radius 3 is 2.78 bits per heavy atom. The number of thiazole rings is 1. The van der Waals surface area contributed by atoms with Crippen LogP contribution in [0.2, 0.25) is 0 Å². The van der Waals surface area contributed by atoms with Crippen LogP contribution in [0, 0.1) is 11.3 Å². The molecule has 0 aliphatic heterocycles. The lowest BCUT2D eigenvalue weighted by molar-refractivity contribution is -0.151. The highest BCUT2D eigenvalue weighted by molar-refractivity contribution is 7.07. The molecular weight excluding hydrogens is 246 g/mol. The van der Waals surface area contributed by atoms with Gasteiger partial charge in [-0.1, -0.05) is 19.8 Å². The van der Waals surface area contributed by atoms with E-state index < -0.39 is 11.4 Å². The van der Waals surface area contributed by atoms with Crippen molar-refractivity contribution in [2.24, 2.45) is 11.3 Å². The lowest BCUT2D eigenvalue weighted by Gasteiger charge is -2.36. The van der Waals surface area contributed by atoms with E-state index in [9.17, 15) is 9.90 Å². The second-order valence-corrected chi connectivity index (χ2v) is 6.19. The van der Waals surface area contributed by atoms with Crippen LogP contribution in [0.15, 0.2) is 10.9 Å². The topological polar surface area (TPSA) is 50.2 Å². The summed E-state index contributed by atoms with van der Waals surface area (Å²) in [5.74, 6) is 0.100. The molecule has 18 heavy (non-hydrogen) atoms. The fraction of sp³-hybridized carbons (Fsp3) is 0.714. The number of carboxylic acids is 1. The first-order chi connectivity index (χ1) is 8.66. The third kappa shape index (κ3) is 2.91. The first-order valence-corrected chi connectivity index (χ1v) is 7.71. The Kier molecular flexibility index (Phi) is 4.38. The number of nitrogens with zero attached hydrogens (tertiary/aromatic N) is 1. The van der Waals surface area contributed by atoms with Gasteiger partial charge in [-0.05, 0) is 31.6 Å². The molecule has 1 aromatic rings. The maximum atomic E-state index is 11.6. The molecule has 3 nitrogen and oxygen atoms in total. The van der Waals surface area contributed by atoms with E-state index >= 15 is 0 Å². The van der Waals surface area contributed by atoms with Crippen molar-refractivity contribution in [1.29, 1.82) is 0 Å². The van der Waals surface area contributed by atoms with Crippen molar-refractivity contribution in [1.82, 2.24) is 4.98 Å². The van der Waals surface area contributed by atoms with Crippen molar-refractivity contribution < 1.29 is 9.90 Å². The van der Waals surface area contributed by atoms with Crippen LogP contribution in [-0.4, -0.2) is 16.1 Å². The molecular formula is C14H21NO2S. The maximum Gasteiger partial charge on any atom is 0.310 e. The summed E-state index contributed by atoms with van der Waals surface area (Å²) in [5.41, 5.74) is 2.17. The van der Waals surface area contributed by atoms with Gasteiger partial charge < -0.3 is 5.11 Å². The second-order valence-electron chi connectivity index (χ2n) is 5.47. The minimum absolute atomic E-state index is 0.557. The number of aromatic nitrogens is 1. The monoisotopic (exact) mass is 267 g/mol. The van der Waals surface area contributed by atoms with Gasteiger partial charge >= 0.3 is 5.97 Å². The Hall–Kier alpha value is -0.900. The van der Waals surface area contributed by atoms with Crippen LogP contribution in [0.4, 0.5) is 0 Å². The second kappa shape index (κ2) is 5.83. The third-order valence-electron chi connectivity index (χ3n) is 4.22. The Balaban J connectivity index is 2.03. The number of carboxylic acid groups (broad SMARTS) is 1. The minimum Gasteiger partial charge on any atom is -0.481 e. The molecule has 0 amide bonds. The van der Waals surface area contributed by atoms with Gasteiger partial charge in [-0.25, -0.2) is 4.98 Å². The fourth-order valence-electron chi connectivity index (χ4n) is 3.06. The van der Waals surface area contributed by atoms with Crippen molar-refractivity contribution in [3.63, 3.8) is 0 Å². The lowest BCUT2D eigenvalue weighted by atomic mass is 9.67. The summed E-state index contributed by atoms with van der Waals surface area (Å²) in [6.07, 6.45) is 6.79. The largest absolute Gasteiger partial charge is 0.481 e. The van der Waals surface area contributed by atoms with Crippen molar-refractivity contribution in [3.05, 3.63) is 16.6 Å². The first kappa shape index (κ1) is 13.5. The Morgan fingerprint density at radius 2 is 2.28 bits per heavy atom. The maximum absolute atomic E-state index is 11.6. The minimum atomic E-state index is -0.634. The van der Waals surface area contributed by atoms with Gasteiger partial charge in [0.25, 0.3) is 0 Å². The normalized spacial score (nSPS) is 28.2. The summed E-state index contributed by atoms with van der Waals surface area (Å²) >= 11 is 1.54. The Morgan fingerprint density at radius 1 is 1.56 bits per heavy atom. The van der Waals surface area contributed by atoms with Crippen LogP contribution in [0.5, 0.6) is 0 Å². The molecule has 2 rings (SSSR count). The van der Waals surface area contributed by atoms with E-state index in [1.807, 2.05) is 5.38 Å². The van der Waals surface area contributed by atoms with Crippen LogP contribution in [-0.2, 0) is 11.2 Å². The number of aliphatic carboxylic acids is 1. The molecule has 0 unspecified atom stereocenters. The zero-order chi connectivity index (χ0) is 13.0. The third-order valence-corrected chi connectivity index (χ3v) is 4.85. The summed E-state index contributed by atoms with van der Waals surface area (Å²) in [5, 5.41) is 11.6. The van der Waals surface area contributed by atoms with Crippen molar-refractivity contribution >= 4 is 17.3 Å². The summed E-state index contributed by atoms with van der Waals surface area (Å²) in [6.45, 7) is 2.20. The zero-order valence-corrected chi connectivity index (χ0v) is 11.7. The molecule has 0 spiro atoms. The SMILES string of the molecule is CCCC1CCC(Cc2cscn2)(C(=O)O)CC1. The molecule has 0 radical (unpaired) electrons. The molecule has 0 aromatic carbocycles. The van der Waals surface area contributed by atoms with Crippen LogP contribution >= 0.6 is 11.3 Å². The molecule has 1 heterocycles. The predicted molar refractivity (Wildman–Crippen MR) is 72.8 cm³/mol. The van der Waals surface area contributed by atoms with E-state index in [1.54, 1.807) is 16.8 Å². The van der Waals surface area contributed by atoms with Gasteiger partial charge in [0.15, 0.2) is 0 Å². The molecule has 0 atom stereocenters. The highest BCUT2D eigenvalue weighted by Gasteiger charge is 2.42. The van der Waals surface area contributed by atoms with Crippen molar-refractivity contribution in [2.45, 2.75) is 51.9 Å². The average molecular weight is 267 g/mol. The van der Waals surface area contributed by atoms with Gasteiger partial charge in [0, 0.05) is 11.8 Å². The zero-order valence-electron chi connectivity index (χ0n) is 10.9. The number of hydrogen-bond acceptors (Lipinski definition) is 3. The number of hydrogen-bond donors (Lipinski definition) is 1. The number of carbonyl (C=O) groups is 1. The van der Waals surface area contributed by atoms with E-state index in [0.717, 1.165) is 37.3 Å². The predicted octanol–water partition coefficient (Wildman–Crippen LogP) is 3.75. The van der Waals surface area contributed by atoms with Gasteiger partial charge in [-0.15, -0.1) is 11.3 Å². The molecule has 1 N–H and O–H groups in total. The van der Waals surface area contributed by atoms with Gasteiger partial charge in [0.1, 0.15) is 0 Å². The van der Waals surface area contributed by atoms with Crippen LogP contribution < -0.4 is 0 Å². The molecule has 100 valence electrons.